The second-order valence-corrected chi connectivity index (χ2v) is 6.91. The van der Waals surface area contributed by atoms with Gasteiger partial charge in [0, 0.05) is 32.5 Å². The zero-order valence-corrected chi connectivity index (χ0v) is 15.4. The first-order valence-electron chi connectivity index (χ1n) is 8.94. The Kier molecular flexibility index (Phi) is 4.36. The van der Waals surface area contributed by atoms with Gasteiger partial charge >= 0.3 is 0 Å². The molecule has 0 radical (unpaired) electrons. The number of anilines is 1. The third-order valence-electron chi connectivity index (χ3n) is 5.04. The summed E-state index contributed by atoms with van der Waals surface area (Å²) in [5, 5.41) is 0. The molecule has 1 aliphatic rings. The van der Waals surface area contributed by atoms with Crippen molar-refractivity contribution in [1.82, 2.24) is 29.5 Å². The Bertz CT molecular complexity index is 918. The number of nitrogens with zero attached hydrogens (tertiary/aromatic N) is 7. The minimum Gasteiger partial charge on any atom is -0.356 e. The van der Waals surface area contributed by atoms with Crippen molar-refractivity contribution in [2.45, 2.75) is 26.7 Å². The van der Waals surface area contributed by atoms with Crippen LogP contribution in [0, 0.1) is 19.8 Å². The van der Waals surface area contributed by atoms with Gasteiger partial charge in [-0.2, -0.15) is 0 Å². The van der Waals surface area contributed by atoms with Crippen molar-refractivity contribution >= 4 is 5.82 Å². The van der Waals surface area contributed by atoms with Crippen molar-refractivity contribution in [1.29, 1.82) is 0 Å². The van der Waals surface area contributed by atoms with E-state index in [-0.39, 0.29) is 0 Å². The molecule has 0 bridgehead atoms. The predicted molar refractivity (Wildman–Crippen MR) is 99.8 cm³/mol. The van der Waals surface area contributed by atoms with E-state index in [1.165, 1.54) is 0 Å². The fraction of sp³-hybridized carbons (Fsp3) is 0.421. The molecule has 0 spiro atoms. The van der Waals surface area contributed by atoms with E-state index in [0.29, 0.717) is 5.92 Å². The second-order valence-electron chi connectivity index (χ2n) is 6.91. The highest BCUT2D eigenvalue weighted by Crippen LogP contribution is 2.25. The molecule has 0 aliphatic carbocycles. The summed E-state index contributed by atoms with van der Waals surface area (Å²) < 4.78 is 2.04. The van der Waals surface area contributed by atoms with E-state index in [1.807, 2.05) is 56.3 Å². The summed E-state index contributed by atoms with van der Waals surface area (Å²) in [7, 11) is 2.00. The Morgan fingerprint density at radius 2 is 2.00 bits per heavy atom. The van der Waals surface area contributed by atoms with Crippen LogP contribution in [0.2, 0.25) is 0 Å². The molecule has 134 valence electrons. The number of hydrogen-bond acceptors (Lipinski definition) is 6. The van der Waals surface area contributed by atoms with E-state index in [1.54, 1.807) is 0 Å². The SMILES string of the molecule is Cc1nccc(N2CCC(Cc3cncc(-c4cnc(C)n4C)n3)C2)n1. The summed E-state index contributed by atoms with van der Waals surface area (Å²) in [5.41, 5.74) is 2.92. The van der Waals surface area contributed by atoms with Gasteiger partial charge in [0.1, 0.15) is 23.2 Å². The molecule has 0 saturated carbocycles. The fourth-order valence-electron chi connectivity index (χ4n) is 3.49. The van der Waals surface area contributed by atoms with Crippen molar-refractivity contribution < 1.29 is 0 Å². The van der Waals surface area contributed by atoms with Gasteiger partial charge in [0.25, 0.3) is 0 Å². The van der Waals surface area contributed by atoms with Gasteiger partial charge in [-0.15, -0.1) is 0 Å². The molecule has 7 nitrogen and oxygen atoms in total. The Balaban J connectivity index is 1.47. The molecule has 7 heteroatoms. The highest BCUT2D eigenvalue weighted by atomic mass is 15.2. The zero-order valence-electron chi connectivity index (χ0n) is 15.4. The molecule has 4 heterocycles. The monoisotopic (exact) mass is 349 g/mol. The van der Waals surface area contributed by atoms with Crippen LogP contribution in [-0.4, -0.2) is 42.6 Å². The van der Waals surface area contributed by atoms with Gasteiger partial charge in [0.05, 0.1) is 23.8 Å². The second kappa shape index (κ2) is 6.82. The number of aryl methyl sites for hydroxylation is 2. The Morgan fingerprint density at radius 1 is 1.12 bits per heavy atom. The quantitative estimate of drug-likeness (QED) is 0.720. The van der Waals surface area contributed by atoms with Gasteiger partial charge in [0.2, 0.25) is 0 Å². The van der Waals surface area contributed by atoms with Crippen LogP contribution in [0.1, 0.15) is 23.8 Å². The molecule has 1 fully saturated rings. The summed E-state index contributed by atoms with van der Waals surface area (Å²) in [6.07, 6.45) is 9.44. The van der Waals surface area contributed by atoms with Crippen molar-refractivity contribution in [3.8, 4) is 11.4 Å². The molecule has 26 heavy (non-hydrogen) atoms. The standard InChI is InChI=1S/C19H23N7/c1-13-21-6-4-19(23-13)26-7-5-15(12-26)8-16-9-20-10-17(24-16)18-11-22-14(2)25(18)3/h4,6,9-11,15H,5,7-8,12H2,1-3H3. The summed E-state index contributed by atoms with van der Waals surface area (Å²) in [5.74, 6) is 3.36. The highest BCUT2D eigenvalue weighted by Gasteiger charge is 2.24. The van der Waals surface area contributed by atoms with Gasteiger partial charge in [-0.3, -0.25) is 4.98 Å². The first kappa shape index (κ1) is 16.6. The van der Waals surface area contributed by atoms with Gasteiger partial charge in [-0.05, 0) is 38.7 Å². The normalized spacial score (nSPS) is 17.0. The average Bonchev–Trinajstić information content (AvgIpc) is 3.23. The Morgan fingerprint density at radius 3 is 2.77 bits per heavy atom. The maximum atomic E-state index is 4.83. The molecule has 1 unspecified atom stereocenters. The first-order chi connectivity index (χ1) is 12.6. The summed E-state index contributed by atoms with van der Waals surface area (Å²) in [4.78, 5) is 24.6. The van der Waals surface area contributed by atoms with E-state index >= 15 is 0 Å². The van der Waals surface area contributed by atoms with Crippen LogP contribution in [0.25, 0.3) is 11.4 Å². The number of aromatic nitrogens is 6. The molecule has 3 aromatic rings. The van der Waals surface area contributed by atoms with Crippen LogP contribution in [0.4, 0.5) is 5.82 Å². The molecule has 1 saturated heterocycles. The lowest BCUT2D eigenvalue weighted by atomic mass is 10.0. The lowest BCUT2D eigenvalue weighted by molar-refractivity contribution is 0.576. The van der Waals surface area contributed by atoms with E-state index < -0.39 is 0 Å². The van der Waals surface area contributed by atoms with Crippen molar-refractivity contribution in [2.24, 2.45) is 13.0 Å². The van der Waals surface area contributed by atoms with Gasteiger partial charge < -0.3 is 9.47 Å². The summed E-state index contributed by atoms with van der Waals surface area (Å²) in [6, 6.07) is 1.99. The molecule has 3 aromatic heterocycles. The van der Waals surface area contributed by atoms with E-state index in [0.717, 1.165) is 60.5 Å². The van der Waals surface area contributed by atoms with Crippen LogP contribution in [0.15, 0.2) is 30.9 Å². The summed E-state index contributed by atoms with van der Waals surface area (Å²) in [6.45, 7) is 5.93. The molecule has 4 rings (SSSR count). The average molecular weight is 349 g/mol. The smallest absolute Gasteiger partial charge is 0.132 e. The van der Waals surface area contributed by atoms with Gasteiger partial charge in [-0.25, -0.2) is 19.9 Å². The molecule has 1 atom stereocenters. The van der Waals surface area contributed by atoms with Crippen molar-refractivity contribution in [3.63, 3.8) is 0 Å². The van der Waals surface area contributed by atoms with E-state index in [4.69, 9.17) is 4.98 Å². The molecular formula is C19H23N7. The lowest BCUT2D eigenvalue weighted by Crippen LogP contribution is -2.21. The lowest BCUT2D eigenvalue weighted by Gasteiger charge is -2.17. The highest BCUT2D eigenvalue weighted by molar-refractivity contribution is 5.53. The molecule has 0 amide bonds. The first-order valence-corrected chi connectivity index (χ1v) is 8.94. The van der Waals surface area contributed by atoms with Crippen LogP contribution >= 0.6 is 0 Å². The minimum absolute atomic E-state index is 0.558. The van der Waals surface area contributed by atoms with Crippen LogP contribution in [-0.2, 0) is 13.5 Å². The number of imidazole rings is 1. The van der Waals surface area contributed by atoms with Crippen molar-refractivity contribution in [3.05, 3.63) is 48.2 Å². The van der Waals surface area contributed by atoms with Gasteiger partial charge in [0.15, 0.2) is 0 Å². The Hall–Kier alpha value is -2.83. The number of rotatable bonds is 4. The third-order valence-corrected chi connectivity index (χ3v) is 5.04. The Labute approximate surface area is 153 Å². The van der Waals surface area contributed by atoms with Gasteiger partial charge in [-0.1, -0.05) is 0 Å². The maximum Gasteiger partial charge on any atom is 0.132 e. The fourth-order valence-corrected chi connectivity index (χ4v) is 3.49. The van der Waals surface area contributed by atoms with E-state index in [9.17, 15) is 0 Å². The van der Waals surface area contributed by atoms with E-state index in [2.05, 4.69) is 24.8 Å². The van der Waals surface area contributed by atoms with Crippen LogP contribution in [0.5, 0.6) is 0 Å². The van der Waals surface area contributed by atoms with Crippen LogP contribution in [0.3, 0.4) is 0 Å². The molecule has 1 aliphatic heterocycles. The number of hydrogen-bond donors (Lipinski definition) is 0. The largest absolute Gasteiger partial charge is 0.356 e. The molecule has 0 N–H and O–H groups in total. The topological polar surface area (TPSA) is 72.6 Å². The molecular weight excluding hydrogens is 326 g/mol. The zero-order chi connectivity index (χ0) is 18.1. The minimum atomic E-state index is 0.558. The summed E-state index contributed by atoms with van der Waals surface area (Å²) >= 11 is 0. The maximum absolute atomic E-state index is 4.83. The van der Waals surface area contributed by atoms with Crippen LogP contribution < -0.4 is 4.90 Å². The third kappa shape index (κ3) is 3.29. The van der Waals surface area contributed by atoms with Crippen molar-refractivity contribution in [2.75, 3.05) is 18.0 Å². The molecule has 0 aromatic carbocycles. The predicted octanol–water partition coefficient (Wildman–Crippen LogP) is 2.35.